The summed E-state index contributed by atoms with van der Waals surface area (Å²) in [5.74, 6) is 2.27. The molecule has 0 spiro atoms. The van der Waals surface area contributed by atoms with Crippen LogP contribution in [0.2, 0.25) is 0 Å². The van der Waals surface area contributed by atoms with Crippen LogP contribution in [0.3, 0.4) is 0 Å². The molecule has 0 saturated heterocycles. The van der Waals surface area contributed by atoms with E-state index in [1.54, 1.807) is 12.1 Å². The van der Waals surface area contributed by atoms with Crippen molar-refractivity contribution in [2.24, 2.45) is 22.9 Å². The standard InChI is InChI=1S/C13H16N2O2/c16-13(12-2-1-5-17-12)15-14-8-11-7-9-3-4-10(11)6-9/h1-2,5,8-11H,3-4,6-7H2,(H,15,16)/b14-8-. The highest BCUT2D eigenvalue weighted by Gasteiger charge is 2.38. The van der Waals surface area contributed by atoms with Crippen molar-refractivity contribution in [2.45, 2.75) is 25.7 Å². The predicted molar refractivity (Wildman–Crippen MR) is 63.6 cm³/mol. The maximum atomic E-state index is 11.5. The maximum Gasteiger partial charge on any atom is 0.307 e. The van der Waals surface area contributed by atoms with Gasteiger partial charge in [-0.15, -0.1) is 0 Å². The first-order chi connectivity index (χ1) is 8.33. The summed E-state index contributed by atoms with van der Waals surface area (Å²) in [6, 6.07) is 3.32. The van der Waals surface area contributed by atoms with Crippen molar-refractivity contribution >= 4 is 12.1 Å². The Bertz CT molecular complexity index is 425. The Kier molecular flexibility index (Phi) is 2.71. The second-order valence-corrected chi connectivity index (χ2v) is 5.04. The minimum Gasteiger partial charge on any atom is -0.459 e. The van der Waals surface area contributed by atoms with E-state index >= 15 is 0 Å². The molecule has 3 rings (SSSR count). The summed E-state index contributed by atoms with van der Waals surface area (Å²) in [5, 5.41) is 4.04. The highest BCUT2D eigenvalue weighted by Crippen LogP contribution is 2.47. The van der Waals surface area contributed by atoms with Crippen molar-refractivity contribution in [1.82, 2.24) is 5.43 Å². The highest BCUT2D eigenvalue weighted by molar-refractivity contribution is 5.91. The fourth-order valence-electron chi connectivity index (χ4n) is 3.13. The van der Waals surface area contributed by atoms with Gasteiger partial charge in [0.25, 0.3) is 0 Å². The molecule has 0 aromatic carbocycles. The molecule has 4 nitrogen and oxygen atoms in total. The minimum atomic E-state index is -0.283. The van der Waals surface area contributed by atoms with Gasteiger partial charge in [0.15, 0.2) is 5.76 Å². The van der Waals surface area contributed by atoms with Crippen molar-refractivity contribution in [2.75, 3.05) is 0 Å². The Morgan fingerprint density at radius 2 is 2.41 bits per heavy atom. The van der Waals surface area contributed by atoms with E-state index in [0.717, 1.165) is 11.8 Å². The van der Waals surface area contributed by atoms with Crippen LogP contribution in [0.5, 0.6) is 0 Å². The molecular weight excluding hydrogens is 216 g/mol. The first-order valence-electron chi connectivity index (χ1n) is 6.20. The molecule has 90 valence electrons. The number of hydrogen-bond donors (Lipinski definition) is 1. The number of nitrogens with one attached hydrogen (secondary N) is 1. The molecule has 2 aliphatic carbocycles. The lowest BCUT2D eigenvalue weighted by Gasteiger charge is -2.16. The number of hydrogen-bond acceptors (Lipinski definition) is 3. The lowest BCUT2D eigenvalue weighted by Crippen LogP contribution is -2.19. The van der Waals surface area contributed by atoms with E-state index in [2.05, 4.69) is 10.5 Å². The third-order valence-electron chi connectivity index (χ3n) is 3.97. The van der Waals surface area contributed by atoms with E-state index in [-0.39, 0.29) is 5.91 Å². The second kappa shape index (κ2) is 4.35. The van der Waals surface area contributed by atoms with Crippen molar-refractivity contribution in [3.05, 3.63) is 24.2 Å². The number of furan rings is 1. The highest BCUT2D eigenvalue weighted by atomic mass is 16.3. The number of rotatable bonds is 3. The summed E-state index contributed by atoms with van der Waals surface area (Å²) in [4.78, 5) is 11.5. The zero-order valence-corrected chi connectivity index (χ0v) is 9.63. The summed E-state index contributed by atoms with van der Waals surface area (Å²) in [7, 11) is 0. The average molecular weight is 232 g/mol. The molecule has 2 aliphatic rings. The average Bonchev–Trinajstić information content (AvgIpc) is 3.06. The van der Waals surface area contributed by atoms with Crippen LogP contribution in [0.4, 0.5) is 0 Å². The molecule has 1 amide bonds. The molecule has 0 aliphatic heterocycles. The van der Waals surface area contributed by atoms with Crippen LogP contribution >= 0.6 is 0 Å². The van der Waals surface area contributed by atoms with Gasteiger partial charge < -0.3 is 4.42 Å². The second-order valence-electron chi connectivity index (χ2n) is 5.04. The summed E-state index contributed by atoms with van der Waals surface area (Å²) >= 11 is 0. The van der Waals surface area contributed by atoms with Crippen LogP contribution in [0.1, 0.15) is 36.2 Å². The van der Waals surface area contributed by atoms with E-state index in [0.29, 0.717) is 11.7 Å². The van der Waals surface area contributed by atoms with E-state index in [1.807, 2.05) is 6.21 Å². The maximum absolute atomic E-state index is 11.5. The lowest BCUT2D eigenvalue weighted by atomic mass is 9.90. The van der Waals surface area contributed by atoms with E-state index in [1.165, 1.54) is 31.9 Å². The van der Waals surface area contributed by atoms with Crippen LogP contribution < -0.4 is 5.43 Å². The number of fused-ring (bicyclic) bond motifs is 2. The number of amides is 1. The number of carbonyl (C=O) groups excluding carboxylic acids is 1. The van der Waals surface area contributed by atoms with E-state index in [9.17, 15) is 4.79 Å². The van der Waals surface area contributed by atoms with Crippen LogP contribution in [0.25, 0.3) is 0 Å². The zero-order valence-electron chi connectivity index (χ0n) is 9.63. The van der Waals surface area contributed by atoms with Gasteiger partial charge in [-0.05, 0) is 49.1 Å². The first kappa shape index (κ1) is 10.6. The van der Waals surface area contributed by atoms with Crippen LogP contribution in [0, 0.1) is 17.8 Å². The summed E-state index contributed by atoms with van der Waals surface area (Å²) in [6.45, 7) is 0. The van der Waals surface area contributed by atoms with Gasteiger partial charge in [-0.25, -0.2) is 5.43 Å². The fourth-order valence-corrected chi connectivity index (χ4v) is 3.13. The largest absolute Gasteiger partial charge is 0.459 e. The SMILES string of the molecule is O=C(N/N=C\C1CC2CCC1C2)c1ccco1. The zero-order chi connectivity index (χ0) is 11.7. The Hall–Kier alpha value is -1.58. The molecule has 2 fully saturated rings. The molecule has 3 atom stereocenters. The van der Waals surface area contributed by atoms with Gasteiger partial charge in [-0.1, -0.05) is 6.42 Å². The molecular formula is C13H16N2O2. The molecule has 2 saturated carbocycles. The van der Waals surface area contributed by atoms with Gasteiger partial charge in [-0.2, -0.15) is 5.10 Å². The number of carbonyl (C=O) groups is 1. The third-order valence-corrected chi connectivity index (χ3v) is 3.97. The monoisotopic (exact) mass is 232 g/mol. The molecule has 2 bridgehead atoms. The van der Waals surface area contributed by atoms with Crippen LogP contribution in [-0.4, -0.2) is 12.1 Å². The summed E-state index contributed by atoms with van der Waals surface area (Å²) in [5.41, 5.74) is 2.51. The topological polar surface area (TPSA) is 54.6 Å². The fraction of sp³-hybridized carbons (Fsp3) is 0.538. The normalized spacial score (nSPS) is 31.2. The van der Waals surface area contributed by atoms with Gasteiger partial charge >= 0.3 is 5.91 Å². The van der Waals surface area contributed by atoms with Gasteiger partial charge in [-0.3, -0.25) is 4.79 Å². The molecule has 0 radical (unpaired) electrons. The van der Waals surface area contributed by atoms with Crippen molar-refractivity contribution in [1.29, 1.82) is 0 Å². The third kappa shape index (κ3) is 2.12. The molecule has 1 heterocycles. The number of nitrogens with zero attached hydrogens (tertiary/aromatic N) is 1. The quantitative estimate of drug-likeness (QED) is 0.642. The Morgan fingerprint density at radius 1 is 1.47 bits per heavy atom. The van der Waals surface area contributed by atoms with Crippen LogP contribution in [-0.2, 0) is 0 Å². The molecule has 4 heteroatoms. The lowest BCUT2D eigenvalue weighted by molar-refractivity contribution is 0.0927. The van der Waals surface area contributed by atoms with Gasteiger partial charge in [0.2, 0.25) is 0 Å². The van der Waals surface area contributed by atoms with Gasteiger partial charge in [0.05, 0.1) is 6.26 Å². The van der Waals surface area contributed by atoms with E-state index in [4.69, 9.17) is 4.42 Å². The van der Waals surface area contributed by atoms with Crippen LogP contribution in [0.15, 0.2) is 27.9 Å². The first-order valence-corrected chi connectivity index (χ1v) is 6.20. The smallest absolute Gasteiger partial charge is 0.307 e. The summed E-state index contributed by atoms with van der Waals surface area (Å²) < 4.78 is 4.98. The Labute approximate surface area is 100 Å². The molecule has 3 unspecified atom stereocenters. The van der Waals surface area contributed by atoms with E-state index < -0.39 is 0 Å². The molecule has 1 N–H and O–H groups in total. The van der Waals surface area contributed by atoms with Gasteiger partial charge in [0.1, 0.15) is 0 Å². The van der Waals surface area contributed by atoms with Gasteiger partial charge in [0, 0.05) is 6.21 Å². The minimum absolute atomic E-state index is 0.283. The van der Waals surface area contributed by atoms with Crippen molar-refractivity contribution in [3.63, 3.8) is 0 Å². The summed E-state index contributed by atoms with van der Waals surface area (Å²) in [6.07, 6.45) is 8.69. The van der Waals surface area contributed by atoms with Crippen molar-refractivity contribution in [3.8, 4) is 0 Å². The Balaban J connectivity index is 1.53. The predicted octanol–water partition coefficient (Wildman–Crippen LogP) is 2.43. The van der Waals surface area contributed by atoms with Crippen molar-refractivity contribution < 1.29 is 9.21 Å². The molecule has 1 aromatic heterocycles. The Morgan fingerprint density at radius 3 is 3.06 bits per heavy atom. The molecule has 1 aromatic rings. The number of hydrazone groups is 1. The molecule has 17 heavy (non-hydrogen) atoms.